The topological polar surface area (TPSA) is 110 Å². The minimum Gasteiger partial charge on any atom is -0.368 e. The van der Waals surface area contributed by atoms with Gasteiger partial charge in [0.15, 0.2) is 0 Å². The fourth-order valence-electron chi connectivity index (χ4n) is 2.86. The molecule has 0 aromatic heterocycles. The fourth-order valence-corrected chi connectivity index (χ4v) is 2.86. The van der Waals surface area contributed by atoms with Crippen molar-refractivity contribution < 1.29 is 14.6 Å². The molecule has 1 heterocycles. The molecule has 134 valence electrons. The SMILES string of the molecule is O=C(c1ccc([N+](=O)[O-])cc1)N1CCN(c2ccc([N+](=O)[O-])cc2)CC1. The molecule has 9 nitrogen and oxygen atoms in total. The molecular formula is C17H16N4O5. The third-order valence-electron chi connectivity index (χ3n) is 4.32. The summed E-state index contributed by atoms with van der Waals surface area (Å²) in [6.45, 7) is 2.23. The van der Waals surface area contributed by atoms with Gasteiger partial charge >= 0.3 is 0 Å². The standard InChI is InChI=1S/C17H16N4O5/c22-17(13-1-3-15(4-2-13)20(23)24)19-11-9-18(10-12-19)14-5-7-16(8-6-14)21(25)26/h1-8H,9-12H2. The Bertz CT molecular complexity index is 827. The van der Waals surface area contributed by atoms with Crippen molar-refractivity contribution in [3.05, 3.63) is 74.3 Å². The van der Waals surface area contributed by atoms with Crippen molar-refractivity contribution in [3.8, 4) is 0 Å². The number of non-ortho nitro benzene ring substituents is 2. The van der Waals surface area contributed by atoms with E-state index in [4.69, 9.17) is 0 Å². The van der Waals surface area contributed by atoms with E-state index in [1.54, 1.807) is 17.0 Å². The normalized spacial score (nSPS) is 14.2. The molecule has 0 radical (unpaired) electrons. The number of piperazine rings is 1. The van der Waals surface area contributed by atoms with E-state index in [1.807, 2.05) is 0 Å². The molecule has 2 aromatic carbocycles. The Labute approximate surface area is 148 Å². The Balaban J connectivity index is 1.61. The number of nitro groups is 2. The van der Waals surface area contributed by atoms with Crippen LogP contribution < -0.4 is 4.90 Å². The maximum absolute atomic E-state index is 12.5. The lowest BCUT2D eigenvalue weighted by molar-refractivity contribution is -0.385. The zero-order valence-electron chi connectivity index (χ0n) is 13.8. The predicted octanol–water partition coefficient (Wildman–Crippen LogP) is 2.47. The molecule has 1 aliphatic rings. The second-order valence-corrected chi connectivity index (χ2v) is 5.86. The van der Waals surface area contributed by atoms with Gasteiger partial charge in [0.05, 0.1) is 9.85 Å². The van der Waals surface area contributed by atoms with Crippen LogP contribution in [-0.4, -0.2) is 46.8 Å². The summed E-state index contributed by atoms with van der Waals surface area (Å²) in [6, 6.07) is 11.9. The van der Waals surface area contributed by atoms with Crippen LogP contribution in [0.1, 0.15) is 10.4 Å². The Morgan fingerprint density at radius 3 is 1.69 bits per heavy atom. The largest absolute Gasteiger partial charge is 0.368 e. The summed E-state index contributed by atoms with van der Waals surface area (Å²) in [5, 5.41) is 21.4. The van der Waals surface area contributed by atoms with Gasteiger partial charge in [-0.2, -0.15) is 0 Å². The van der Waals surface area contributed by atoms with Crippen molar-refractivity contribution in [1.29, 1.82) is 0 Å². The number of nitrogens with zero attached hydrogens (tertiary/aromatic N) is 4. The number of hydrogen-bond acceptors (Lipinski definition) is 6. The maximum Gasteiger partial charge on any atom is 0.269 e. The molecular weight excluding hydrogens is 340 g/mol. The minimum atomic E-state index is -0.503. The molecule has 0 N–H and O–H groups in total. The molecule has 1 fully saturated rings. The Morgan fingerprint density at radius 1 is 0.769 bits per heavy atom. The number of carbonyl (C=O) groups excluding carboxylic acids is 1. The molecule has 0 spiro atoms. The van der Waals surface area contributed by atoms with Gasteiger partial charge in [0, 0.05) is 61.7 Å². The number of carbonyl (C=O) groups is 1. The summed E-state index contributed by atoms with van der Waals surface area (Å²) in [6.07, 6.45) is 0. The van der Waals surface area contributed by atoms with E-state index < -0.39 is 9.85 Å². The van der Waals surface area contributed by atoms with Gasteiger partial charge in [-0.05, 0) is 24.3 Å². The van der Waals surface area contributed by atoms with E-state index in [2.05, 4.69) is 4.90 Å². The Hall–Kier alpha value is -3.49. The molecule has 0 saturated carbocycles. The van der Waals surface area contributed by atoms with Crippen LogP contribution in [-0.2, 0) is 0 Å². The molecule has 2 aromatic rings. The molecule has 1 saturated heterocycles. The van der Waals surface area contributed by atoms with Crippen LogP contribution in [0.4, 0.5) is 17.1 Å². The fraction of sp³-hybridized carbons (Fsp3) is 0.235. The summed E-state index contributed by atoms with van der Waals surface area (Å²) in [5.41, 5.74) is 1.28. The number of anilines is 1. The van der Waals surface area contributed by atoms with Gasteiger partial charge in [-0.1, -0.05) is 0 Å². The first kappa shape index (κ1) is 17.3. The van der Waals surface area contributed by atoms with Crippen LogP contribution in [0.25, 0.3) is 0 Å². The molecule has 0 unspecified atom stereocenters. The monoisotopic (exact) mass is 356 g/mol. The van der Waals surface area contributed by atoms with Gasteiger partial charge in [0.25, 0.3) is 17.3 Å². The van der Waals surface area contributed by atoms with Crippen LogP contribution in [0.5, 0.6) is 0 Å². The predicted molar refractivity (Wildman–Crippen MR) is 94.3 cm³/mol. The first-order chi connectivity index (χ1) is 12.5. The van der Waals surface area contributed by atoms with Crippen molar-refractivity contribution in [1.82, 2.24) is 4.90 Å². The van der Waals surface area contributed by atoms with E-state index in [0.717, 1.165) is 5.69 Å². The summed E-state index contributed by atoms with van der Waals surface area (Å²) in [5.74, 6) is -0.164. The summed E-state index contributed by atoms with van der Waals surface area (Å²) < 4.78 is 0. The van der Waals surface area contributed by atoms with E-state index in [1.165, 1.54) is 36.4 Å². The molecule has 9 heteroatoms. The lowest BCUT2D eigenvalue weighted by Crippen LogP contribution is -2.48. The number of nitro benzene ring substituents is 2. The number of amides is 1. The highest BCUT2D eigenvalue weighted by Gasteiger charge is 2.23. The van der Waals surface area contributed by atoms with Crippen molar-refractivity contribution in [2.45, 2.75) is 0 Å². The Kier molecular flexibility index (Phi) is 4.78. The third kappa shape index (κ3) is 3.61. The van der Waals surface area contributed by atoms with Crippen molar-refractivity contribution in [3.63, 3.8) is 0 Å². The average molecular weight is 356 g/mol. The van der Waals surface area contributed by atoms with Crippen molar-refractivity contribution in [2.24, 2.45) is 0 Å². The summed E-state index contributed by atoms with van der Waals surface area (Å²) in [4.78, 5) is 36.7. The minimum absolute atomic E-state index is 0.0423. The smallest absolute Gasteiger partial charge is 0.269 e. The number of rotatable bonds is 4. The zero-order valence-corrected chi connectivity index (χ0v) is 13.8. The second-order valence-electron chi connectivity index (χ2n) is 5.86. The lowest BCUT2D eigenvalue weighted by Gasteiger charge is -2.36. The first-order valence-corrected chi connectivity index (χ1v) is 7.99. The van der Waals surface area contributed by atoms with Crippen LogP contribution in [0.15, 0.2) is 48.5 Å². The van der Waals surface area contributed by atoms with Crippen molar-refractivity contribution >= 4 is 23.0 Å². The van der Waals surface area contributed by atoms with E-state index in [-0.39, 0.29) is 17.3 Å². The van der Waals surface area contributed by atoms with E-state index in [9.17, 15) is 25.0 Å². The Morgan fingerprint density at radius 2 is 1.23 bits per heavy atom. The molecule has 1 amide bonds. The summed E-state index contributed by atoms with van der Waals surface area (Å²) in [7, 11) is 0. The molecule has 0 aliphatic carbocycles. The van der Waals surface area contributed by atoms with Crippen molar-refractivity contribution in [2.75, 3.05) is 31.1 Å². The van der Waals surface area contributed by atoms with Gasteiger partial charge in [0.2, 0.25) is 0 Å². The van der Waals surface area contributed by atoms with Gasteiger partial charge < -0.3 is 9.80 Å². The second kappa shape index (κ2) is 7.18. The van der Waals surface area contributed by atoms with Gasteiger partial charge in [-0.15, -0.1) is 0 Å². The van der Waals surface area contributed by atoms with E-state index >= 15 is 0 Å². The maximum atomic E-state index is 12.5. The molecule has 26 heavy (non-hydrogen) atoms. The number of hydrogen-bond donors (Lipinski definition) is 0. The molecule has 0 atom stereocenters. The van der Waals surface area contributed by atoms with Crippen LogP contribution in [0.2, 0.25) is 0 Å². The van der Waals surface area contributed by atoms with E-state index in [0.29, 0.717) is 31.7 Å². The van der Waals surface area contributed by atoms with Gasteiger partial charge in [-0.25, -0.2) is 0 Å². The third-order valence-corrected chi connectivity index (χ3v) is 4.32. The molecule has 1 aliphatic heterocycles. The first-order valence-electron chi connectivity index (χ1n) is 7.99. The van der Waals surface area contributed by atoms with Gasteiger partial charge in [-0.3, -0.25) is 25.0 Å². The number of benzene rings is 2. The summed E-state index contributed by atoms with van der Waals surface area (Å²) >= 11 is 0. The highest BCUT2D eigenvalue weighted by Crippen LogP contribution is 2.21. The molecule has 0 bridgehead atoms. The van der Waals surface area contributed by atoms with Crippen LogP contribution in [0, 0.1) is 20.2 Å². The van der Waals surface area contributed by atoms with Crippen LogP contribution >= 0.6 is 0 Å². The average Bonchev–Trinajstić information content (AvgIpc) is 2.67. The quantitative estimate of drug-likeness (QED) is 0.615. The molecule has 3 rings (SSSR count). The lowest BCUT2D eigenvalue weighted by atomic mass is 10.1. The van der Waals surface area contributed by atoms with Crippen LogP contribution in [0.3, 0.4) is 0 Å². The zero-order chi connectivity index (χ0) is 18.7. The highest BCUT2D eigenvalue weighted by atomic mass is 16.6. The highest BCUT2D eigenvalue weighted by molar-refractivity contribution is 5.94. The van der Waals surface area contributed by atoms with Gasteiger partial charge in [0.1, 0.15) is 0 Å².